The van der Waals surface area contributed by atoms with Crippen molar-refractivity contribution in [2.75, 3.05) is 14.1 Å². The van der Waals surface area contributed by atoms with E-state index in [1.807, 2.05) is 26.2 Å². The summed E-state index contributed by atoms with van der Waals surface area (Å²) in [6.45, 7) is 0. The average molecular weight is 261 g/mol. The molecule has 0 atom stereocenters. The quantitative estimate of drug-likeness (QED) is 0.906. The third kappa shape index (κ3) is 2.98. The third-order valence-corrected chi connectivity index (χ3v) is 4.36. The molecule has 0 heterocycles. The number of phenols is 1. The van der Waals surface area contributed by atoms with Crippen molar-refractivity contribution >= 4 is 5.78 Å². The van der Waals surface area contributed by atoms with Gasteiger partial charge in [-0.15, -0.1) is 0 Å². The van der Waals surface area contributed by atoms with Gasteiger partial charge in [-0.2, -0.15) is 0 Å². The molecule has 1 aliphatic carbocycles. The highest BCUT2D eigenvalue weighted by Gasteiger charge is 2.40. The van der Waals surface area contributed by atoms with Gasteiger partial charge in [-0.3, -0.25) is 9.69 Å². The van der Waals surface area contributed by atoms with Crippen molar-refractivity contribution in [1.29, 1.82) is 0 Å². The van der Waals surface area contributed by atoms with Gasteiger partial charge in [0.25, 0.3) is 0 Å². The molecule has 0 radical (unpaired) electrons. The summed E-state index contributed by atoms with van der Waals surface area (Å²) in [6, 6.07) is 6.95. The second kappa shape index (κ2) is 5.74. The van der Waals surface area contributed by atoms with Crippen LogP contribution in [0.25, 0.3) is 0 Å². The molecule has 0 aromatic heterocycles. The lowest BCUT2D eigenvalue weighted by Gasteiger charge is -2.41. The molecule has 3 heteroatoms. The number of carbonyl (C=O) groups is 1. The minimum absolute atomic E-state index is 0.246. The van der Waals surface area contributed by atoms with Gasteiger partial charge in [0.2, 0.25) is 0 Å². The largest absolute Gasteiger partial charge is 0.508 e. The Labute approximate surface area is 115 Å². The lowest BCUT2D eigenvalue weighted by molar-refractivity contribution is -0.131. The van der Waals surface area contributed by atoms with Gasteiger partial charge in [-0.05, 0) is 44.6 Å². The summed E-state index contributed by atoms with van der Waals surface area (Å²) in [7, 11) is 4.03. The van der Waals surface area contributed by atoms with Crippen LogP contribution in [0.4, 0.5) is 0 Å². The van der Waals surface area contributed by atoms with E-state index >= 15 is 0 Å². The first-order chi connectivity index (χ1) is 9.04. The molecule has 2 rings (SSSR count). The number of phenolic OH excluding ortho intramolecular Hbond substituents is 1. The molecule has 19 heavy (non-hydrogen) atoms. The van der Waals surface area contributed by atoms with E-state index in [0.717, 1.165) is 31.2 Å². The predicted molar refractivity (Wildman–Crippen MR) is 76.3 cm³/mol. The number of aromatic hydroxyl groups is 1. The summed E-state index contributed by atoms with van der Waals surface area (Å²) in [5, 5.41) is 9.29. The summed E-state index contributed by atoms with van der Waals surface area (Å²) in [5.74, 6) is 0.555. The van der Waals surface area contributed by atoms with Crippen LogP contribution in [0.2, 0.25) is 0 Å². The van der Waals surface area contributed by atoms with Crippen LogP contribution in [0.3, 0.4) is 0 Å². The molecule has 104 valence electrons. The maximum Gasteiger partial charge on any atom is 0.157 e. The minimum atomic E-state index is -0.282. The maximum absolute atomic E-state index is 12.7. The smallest absolute Gasteiger partial charge is 0.157 e. The van der Waals surface area contributed by atoms with Crippen LogP contribution in [-0.4, -0.2) is 35.4 Å². The summed E-state index contributed by atoms with van der Waals surface area (Å²) in [4.78, 5) is 14.8. The van der Waals surface area contributed by atoms with Gasteiger partial charge in [0.05, 0.1) is 5.54 Å². The molecular formula is C16H23NO2. The first-order valence-corrected chi connectivity index (χ1v) is 7.03. The molecule has 3 nitrogen and oxygen atoms in total. The van der Waals surface area contributed by atoms with E-state index in [-0.39, 0.29) is 11.3 Å². The summed E-state index contributed by atoms with van der Waals surface area (Å²) < 4.78 is 0. The fourth-order valence-electron chi connectivity index (χ4n) is 3.08. The zero-order chi connectivity index (χ0) is 13.9. The molecule has 1 aliphatic rings. The number of hydrogen-bond acceptors (Lipinski definition) is 3. The van der Waals surface area contributed by atoms with Crippen molar-refractivity contribution in [2.24, 2.45) is 0 Å². The molecule has 0 aliphatic heterocycles. The van der Waals surface area contributed by atoms with Gasteiger partial charge in [0, 0.05) is 6.42 Å². The molecule has 0 amide bonds. The average Bonchev–Trinajstić information content (AvgIpc) is 2.42. The Balaban J connectivity index is 2.14. The van der Waals surface area contributed by atoms with E-state index in [0.29, 0.717) is 12.2 Å². The van der Waals surface area contributed by atoms with Crippen molar-refractivity contribution in [3.05, 3.63) is 29.8 Å². The van der Waals surface area contributed by atoms with Gasteiger partial charge >= 0.3 is 0 Å². The van der Waals surface area contributed by atoms with E-state index in [9.17, 15) is 9.90 Å². The molecule has 1 saturated carbocycles. The van der Waals surface area contributed by atoms with Gasteiger partial charge in [0.15, 0.2) is 5.78 Å². The molecule has 0 unspecified atom stereocenters. The summed E-state index contributed by atoms with van der Waals surface area (Å²) in [5.41, 5.74) is 0.699. The lowest BCUT2D eigenvalue weighted by Crippen LogP contribution is -2.53. The van der Waals surface area contributed by atoms with Crippen LogP contribution in [0.1, 0.15) is 37.7 Å². The highest BCUT2D eigenvalue weighted by Crippen LogP contribution is 2.34. The number of carbonyl (C=O) groups excluding carboxylic acids is 1. The number of nitrogens with zero attached hydrogens (tertiary/aromatic N) is 1. The van der Waals surface area contributed by atoms with E-state index in [1.54, 1.807) is 12.1 Å². The van der Waals surface area contributed by atoms with Crippen LogP contribution in [0.15, 0.2) is 24.3 Å². The Hall–Kier alpha value is -1.35. The zero-order valence-corrected chi connectivity index (χ0v) is 11.9. The standard InChI is InChI=1S/C16H23NO2/c1-17(2)16(10-4-3-5-11-16)15(19)12-13-6-8-14(18)9-7-13/h6-9,18H,3-5,10-12H2,1-2H3. The fraction of sp³-hybridized carbons (Fsp3) is 0.562. The number of ketones is 1. The first kappa shape index (κ1) is 14.1. The second-order valence-electron chi connectivity index (χ2n) is 5.75. The zero-order valence-electron chi connectivity index (χ0n) is 11.9. The fourth-order valence-corrected chi connectivity index (χ4v) is 3.08. The maximum atomic E-state index is 12.7. The lowest BCUT2D eigenvalue weighted by atomic mass is 9.76. The highest BCUT2D eigenvalue weighted by atomic mass is 16.3. The van der Waals surface area contributed by atoms with E-state index < -0.39 is 0 Å². The molecule has 1 aromatic rings. The van der Waals surface area contributed by atoms with Crippen LogP contribution < -0.4 is 0 Å². The van der Waals surface area contributed by atoms with Crippen LogP contribution in [0, 0.1) is 0 Å². The third-order valence-electron chi connectivity index (χ3n) is 4.36. The monoisotopic (exact) mass is 261 g/mol. The number of benzene rings is 1. The predicted octanol–water partition coefficient (Wildman–Crippen LogP) is 2.77. The SMILES string of the molecule is CN(C)C1(C(=O)Cc2ccc(O)cc2)CCCCC1. The molecule has 0 bridgehead atoms. The topological polar surface area (TPSA) is 40.5 Å². The first-order valence-electron chi connectivity index (χ1n) is 7.03. The van der Waals surface area contributed by atoms with Gasteiger partial charge < -0.3 is 5.11 Å². The number of rotatable bonds is 4. The molecule has 1 N–H and O–H groups in total. The Morgan fingerprint density at radius 1 is 1.16 bits per heavy atom. The normalized spacial score (nSPS) is 18.5. The minimum Gasteiger partial charge on any atom is -0.508 e. The molecule has 0 saturated heterocycles. The number of hydrogen-bond donors (Lipinski definition) is 1. The van der Waals surface area contributed by atoms with Gasteiger partial charge in [-0.1, -0.05) is 31.4 Å². The molecule has 0 spiro atoms. The van der Waals surface area contributed by atoms with Crippen molar-refractivity contribution in [3.63, 3.8) is 0 Å². The van der Waals surface area contributed by atoms with Crippen molar-refractivity contribution in [1.82, 2.24) is 4.90 Å². The Bertz CT molecular complexity index is 431. The molecule has 1 aromatic carbocycles. The Morgan fingerprint density at radius 2 is 1.74 bits per heavy atom. The van der Waals surface area contributed by atoms with Crippen molar-refractivity contribution in [2.45, 2.75) is 44.1 Å². The highest BCUT2D eigenvalue weighted by molar-refractivity contribution is 5.90. The van der Waals surface area contributed by atoms with Crippen molar-refractivity contribution < 1.29 is 9.90 Å². The summed E-state index contributed by atoms with van der Waals surface area (Å²) in [6.07, 6.45) is 5.91. The van der Waals surface area contributed by atoms with Crippen molar-refractivity contribution in [3.8, 4) is 5.75 Å². The Morgan fingerprint density at radius 3 is 2.26 bits per heavy atom. The van der Waals surface area contributed by atoms with E-state index in [2.05, 4.69) is 4.90 Å². The van der Waals surface area contributed by atoms with Crippen LogP contribution in [0.5, 0.6) is 5.75 Å². The second-order valence-corrected chi connectivity index (χ2v) is 5.75. The van der Waals surface area contributed by atoms with Crippen LogP contribution >= 0.6 is 0 Å². The van der Waals surface area contributed by atoms with Gasteiger partial charge in [-0.25, -0.2) is 0 Å². The number of likely N-dealkylation sites (N-methyl/N-ethyl adjacent to an activating group) is 1. The Kier molecular flexibility index (Phi) is 4.25. The molecular weight excluding hydrogens is 238 g/mol. The van der Waals surface area contributed by atoms with Gasteiger partial charge in [0.1, 0.15) is 5.75 Å². The number of Topliss-reactive ketones (excluding diaryl/α,β-unsaturated/α-hetero) is 1. The summed E-state index contributed by atoms with van der Waals surface area (Å²) >= 11 is 0. The van der Waals surface area contributed by atoms with E-state index in [1.165, 1.54) is 6.42 Å². The van der Waals surface area contributed by atoms with Crippen LogP contribution in [-0.2, 0) is 11.2 Å². The molecule has 1 fully saturated rings. The van der Waals surface area contributed by atoms with E-state index in [4.69, 9.17) is 0 Å².